The fraction of sp³-hybridized carbons (Fsp3) is 0.381. The normalized spacial score (nSPS) is 16.2. The van der Waals surface area contributed by atoms with Gasteiger partial charge in [-0.25, -0.2) is 9.18 Å². The van der Waals surface area contributed by atoms with Crippen LogP contribution in [-0.4, -0.2) is 45.1 Å². The van der Waals surface area contributed by atoms with Crippen molar-refractivity contribution >= 4 is 27.8 Å². The van der Waals surface area contributed by atoms with Gasteiger partial charge in [0.25, 0.3) is 0 Å². The lowest BCUT2D eigenvalue weighted by Gasteiger charge is -2.26. The number of carbonyl (C=O) groups is 1. The molecular formula is C21H24ClFN2O5S. The standard InChI is InChI=1S/C21H24ClFN2O5S/c1-2-24-21(26)25(14-18-4-3-11-29-18)13-15-12-16(22)5-10-20(15)30-31(27,28)19-8-6-17(23)7-9-19/h5-10,12,18H,2-4,11,13-14H2,1H3,(H,24,26)/t18-/m0/s1. The average molecular weight is 471 g/mol. The van der Waals surface area contributed by atoms with Crippen molar-refractivity contribution in [2.45, 2.75) is 37.3 Å². The first-order valence-corrected chi connectivity index (χ1v) is 11.7. The molecule has 31 heavy (non-hydrogen) atoms. The first-order chi connectivity index (χ1) is 14.8. The molecule has 3 rings (SSSR count). The largest absolute Gasteiger partial charge is 0.379 e. The van der Waals surface area contributed by atoms with Gasteiger partial charge in [0.15, 0.2) is 0 Å². The number of ether oxygens (including phenoxy) is 1. The van der Waals surface area contributed by atoms with Gasteiger partial charge in [0, 0.05) is 30.3 Å². The van der Waals surface area contributed by atoms with Gasteiger partial charge in [-0.15, -0.1) is 0 Å². The smallest absolute Gasteiger partial charge is 0.339 e. The minimum atomic E-state index is -4.21. The van der Waals surface area contributed by atoms with E-state index in [2.05, 4.69) is 5.32 Å². The highest BCUT2D eigenvalue weighted by atomic mass is 35.5. The van der Waals surface area contributed by atoms with Gasteiger partial charge >= 0.3 is 16.1 Å². The molecule has 1 fully saturated rings. The highest BCUT2D eigenvalue weighted by Gasteiger charge is 2.25. The summed E-state index contributed by atoms with van der Waals surface area (Å²) in [6.07, 6.45) is 1.68. The Labute approximate surface area is 186 Å². The molecule has 0 radical (unpaired) electrons. The molecule has 10 heteroatoms. The van der Waals surface area contributed by atoms with Gasteiger partial charge in [-0.1, -0.05) is 11.6 Å². The van der Waals surface area contributed by atoms with Gasteiger partial charge in [0.2, 0.25) is 0 Å². The Morgan fingerprint density at radius 1 is 1.29 bits per heavy atom. The third-order valence-corrected chi connectivity index (χ3v) is 6.23. The molecule has 0 saturated carbocycles. The molecular weight excluding hydrogens is 447 g/mol. The van der Waals surface area contributed by atoms with Crippen molar-refractivity contribution in [1.29, 1.82) is 0 Å². The number of amides is 2. The molecule has 0 spiro atoms. The van der Waals surface area contributed by atoms with E-state index in [0.717, 1.165) is 37.1 Å². The lowest BCUT2D eigenvalue weighted by atomic mass is 10.1. The Kier molecular flexibility index (Phi) is 7.74. The van der Waals surface area contributed by atoms with Crippen LogP contribution >= 0.6 is 11.6 Å². The highest BCUT2D eigenvalue weighted by Crippen LogP contribution is 2.28. The Balaban J connectivity index is 1.86. The number of nitrogens with one attached hydrogen (secondary N) is 1. The Morgan fingerprint density at radius 2 is 2.03 bits per heavy atom. The summed E-state index contributed by atoms with van der Waals surface area (Å²) in [6.45, 7) is 3.32. The summed E-state index contributed by atoms with van der Waals surface area (Å²) in [5, 5.41) is 3.13. The molecule has 0 aromatic heterocycles. The van der Waals surface area contributed by atoms with Crippen LogP contribution in [-0.2, 0) is 21.4 Å². The second-order valence-corrected chi connectivity index (χ2v) is 9.08. The first kappa shape index (κ1) is 23.3. The second-order valence-electron chi connectivity index (χ2n) is 7.09. The average Bonchev–Trinajstić information content (AvgIpc) is 3.23. The summed E-state index contributed by atoms with van der Waals surface area (Å²) in [5.74, 6) is -0.520. The number of nitrogens with zero attached hydrogens (tertiary/aromatic N) is 1. The summed E-state index contributed by atoms with van der Waals surface area (Å²) in [6, 6.07) is 8.51. The van der Waals surface area contributed by atoms with Gasteiger partial charge in [-0.3, -0.25) is 0 Å². The predicted molar refractivity (Wildman–Crippen MR) is 114 cm³/mol. The predicted octanol–water partition coefficient (Wildman–Crippen LogP) is 3.96. The van der Waals surface area contributed by atoms with E-state index in [9.17, 15) is 17.6 Å². The number of rotatable bonds is 8. The third-order valence-electron chi connectivity index (χ3n) is 4.75. The van der Waals surface area contributed by atoms with Crippen molar-refractivity contribution in [3.63, 3.8) is 0 Å². The number of benzene rings is 2. The summed E-state index contributed by atoms with van der Waals surface area (Å²) in [5.41, 5.74) is 0.419. The van der Waals surface area contributed by atoms with Crippen molar-refractivity contribution in [1.82, 2.24) is 10.2 Å². The van der Waals surface area contributed by atoms with Crippen LogP contribution in [0.5, 0.6) is 5.75 Å². The second kappa shape index (κ2) is 10.3. The van der Waals surface area contributed by atoms with Crippen molar-refractivity contribution in [2.24, 2.45) is 0 Å². The zero-order valence-electron chi connectivity index (χ0n) is 17.0. The summed E-state index contributed by atoms with van der Waals surface area (Å²) in [4.78, 5) is 14.0. The summed E-state index contributed by atoms with van der Waals surface area (Å²) >= 11 is 6.13. The van der Waals surface area contributed by atoms with Gasteiger partial charge in [0.05, 0.1) is 12.6 Å². The van der Waals surface area contributed by atoms with Gasteiger partial charge in [0.1, 0.15) is 16.5 Å². The third kappa shape index (κ3) is 6.32. The minimum absolute atomic E-state index is 0.0374. The molecule has 2 aromatic carbocycles. The van der Waals surface area contributed by atoms with Crippen LogP contribution in [0.4, 0.5) is 9.18 Å². The van der Waals surface area contributed by atoms with E-state index in [-0.39, 0.29) is 29.3 Å². The molecule has 2 amide bonds. The van der Waals surface area contributed by atoms with E-state index in [1.807, 2.05) is 6.92 Å². The molecule has 0 aliphatic carbocycles. The number of halogens is 2. The van der Waals surface area contributed by atoms with Gasteiger partial charge in [-0.2, -0.15) is 8.42 Å². The molecule has 1 N–H and O–H groups in total. The van der Waals surface area contributed by atoms with Crippen LogP contribution in [0.15, 0.2) is 47.4 Å². The number of carbonyl (C=O) groups excluding carboxylic acids is 1. The molecule has 0 unspecified atom stereocenters. The molecule has 1 heterocycles. The molecule has 7 nitrogen and oxygen atoms in total. The SMILES string of the molecule is CCNC(=O)N(Cc1cc(Cl)ccc1OS(=O)(=O)c1ccc(F)cc1)C[C@@H]1CCCO1. The van der Waals surface area contributed by atoms with Crippen molar-refractivity contribution in [2.75, 3.05) is 19.7 Å². The van der Waals surface area contributed by atoms with Crippen LogP contribution < -0.4 is 9.50 Å². The Hall–Kier alpha value is -2.36. The topological polar surface area (TPSA) is 84.9 Å². The van der Waals surface area contributed by atoms with Crippen LogP contribution in [0, 0.1) is 5.82 Å². The quantitative estimate of drug-likeness (QED) is 0.590. The first-order valence-electron chi connectivity index (χ1n) is 9.91. The maximum atomic E-state index is 13.2. The molecule has 1 atom stereocenters. The van der Waals surface area contributed by atoms with Crippen LogP contribution in [0.3, 0.4) is 0 Å². The van der Waals surface area contributed by atoms with Gasteiger partial charge < -0.3 is 19.1 Å². The molecule has 0 bridgehead atoms. The highest BCUT2D eigenvalue weighted by molar-refractivity contribution is 7.87. The number of hydrogen-bond donors (Lipinski definition) is 1. The molecule has 1 saturated heterocycles. The summed E-state index contributed by atoms with van der Waals surface area (Å²) < 4.78 is 49.4. The number of hydrogen-bond acceptors (Lipinski definition) is 5. The molecule has 168 valence electrons. The lowest BCUT2D eigenvalue weighted by molar-refractivity contribution is 0.0794. The maximum Gasteiger partial charge on any atom is 0.339 e. The molecule has 1 aliphatic rings. The van der Waals surface area contributed by atoms with E-state index >= 15 is 0 Å². The van der Waals surface area contributed by atoms with E-state index < -0.39 is 15.9 Å². The van der Waals surface area contributed by atoms with Crippen molar-refractivity contribution in [3.8, 4) is 5.75 Å². The molecule has 1 aliphatic heterocycles. The van der Waals surface area contributed by atoms with Crippen molar-refractivity contribution in [3.05, 3.63) is 58.9 Å². The van der Waals surface area contributed by atoms with Crippen LogP contribution in [0.1, 0.15) is 25.3 Å². The molecule has 2 aromatic rings. The van der Waals surface area contributed by atoms with Crippen LogP contribution in [0.25, 0.3) is 0 Å². The zero-order chi connectivity index (χ0) is 22.4. The van der Waals surface area contributed by atoms with E-state index in [1.165, 1.54) is 12.1 Å². The zero-order valence-corrected chi connectivity index (χ0v) is 18.6. The van der Waals surface area contributed by atoms with Crippen LogP contribution in [0.2, 0.25) is 5.02 Å². The monoisotopic (exact) mass is 470 g/mol. The minimum Gasteiger partial charge on any atom is -0.379 e. The maximum absolute atomic E-state index is 13.2. The lowest BCUT2D eigenvalue weighted by Crippen LogP contribution is -2.43. The van der Waals surface area contributed by atoms with E-state index in [0.29, 0.717) is 30.3 Å². The fourth-order valence-electron chi connectivity index (χ4n) is 3.24. The summed E-state index contributed by atoms with van der Waals surface area (Å²) in [7, 11) is -4.21. The van der Waals surface area contributed by atoms with Crippen molar-refractivity contribution < 1.29 is 26.5 Å². The van der Waals surface area contributed by atoms with Gasteiger partial charge in [-0.05, 0) is 62.2 Å². The van der Waals surface area contributed by atoms with E-state index in [1.54, 1.807) is 11.0 Å². The van der Waals surface area contributed by atoms with E-state index in [4.69, 9.17) is 20.5 Å². The fourth-order valence-corrected chi connectivity index (χ4v) is 4.40. The Morgan fingerprint density at radius 3 is 2.68 bits per heavy atom. The Bertz CT molecular complexity index is 1010. The number of urea groups is 1.